The molecule has 0 bridgehead atoms. The maximum absolute atomic E-state index is 11.8. The number of aromatic nitrogens is 1. The number of hydrogen-bond acceptors (Lipinski definition) is 3. The van der Waals surface area contributed by atoms with E-state index < -0.39 is 0 Å². The molecule has 0 saturated carbocycles. The highest BCUT2D eigenvalue weighted by molar-refractivity contribution is 5.93. The van der Waals surface area contributed by atoms with Crippen LogP contribution in [0.2, 0.25) is 0 Å². The van der Waals surface area contributed by atoms with Crippen LogP contribution in [0, 0.1) is 0 Å². The van der Waals surface area contributed by atoms with Crippen LogP contribution in [0.15, 0.2) is 48.7 Å². The summed E-state index contributed by atoms with van der Waals surface area (Å²) in [5.74, 6) is -0.173. The van der Waals surface area contributed by atoms with Crippen molar-refractivity contribution in [2.24, 2.45) is 0 Å². The van der Waals surface area contributed by atoms with Gasteiger partial charge in [-0.2, -0.15) is 0 Å². The van der Waals surface area contributed by atoms with Gasteiger partial charge in [0.1, 0.15) is 0 Å². The molecular formula is C16H16N2O2. The number of pyridine rings is 1. The average molecular weight is 268 g/mol. The summed E-state index contributed by atoms with van der Waals surface area (Å²) in [6.45, 7) is 0. The van der Waals surface area contributed by atoms with Gasteiger partial charge in [-0.15, -0.1) is 0 Å². The monoisotopic (exact) mass is 268 g/mol. The molecule has 4 nitrogen and oxygen atoms in total. The van der Waals surface area contributed by atoms with Crippen molar-refractivity contribution in [3.05, 3.63) is 65.5 Å². The van der Waals surface area contributed by atoms with Crippen molar-refractivity contribution in [3.63, 3.8) is 0 Å². The summed E-state index contributed by atoms with van der Waals surface area (Å²) in [5.41, 5.74) is 2.49. The van der Waals surface area contributed by atoms with Crippen molar-refractivity contribution in [2.75, 3.05) is 14.2 Å². The number of amides is 1. The Balaban J connectivity index is 2.09. The lowest BCUT2D eigenvalue weighted by Gasteiger charge is -2.13. The van der Waals surface area contributed by atoms with Gasteiger partial charge in [0.25, 0.3) is 5.91 Å². The van der Waals surface area contributed by atoms with Gasteiger partial charge in [-0.3, -0.25) is 14.6 Å². The van der Waals surface area contributed by atoms with Crippen molar-refractivity contribution in [2.45, 2.75) is 0 Å². The predicted octanol–water partition coefficient (Wildman–Crippen LogP) is 2.89. The topological polar surface area (TPSA) is 42.4 Å². The number of benzene rings is 1. The van der Waals surface area contributed by atoms with E-state index in [2.05, 4.69) is 4.98 Å². The van der Waals surface area contributed by atoms with E-state index in [0.717, 1.165) is 11.3 Å². The van der Waals surface area contributed by atoms with Crippen molar-refractivity contribution in [3.8, 4) is 0 Å². The van der Waals surface area contributed by atoms with Crippen LogP contribution in [0.3, 0.4) is 0 Å². The zero-order chi connectivity index (χ0) is 14.4. The van der Waals surface area contributed by atoms with Gasteiger partial charge >= 0.3 is 0 Å². The first-order chi connectivity index (χ1) is 9.70. The van der Waals surface area contributed by atoms with E-state index >= 15 is 0 Å². The Morgan fingerprint density at radius 1 is 1.15 bits per heavy atom. The summed E-state index contributed by atoms with van der Waals surface area (Å²) < 4.78 is 0. The third-order valence-electron chi connectivity index (χ3n) is 2.85. The molecule has 0 fully saturated rings. The van der Waals surface area contributed by atoms with Crippen molar-refractivity contribution in [1.82, 2.24) is 10.0 Å². The third kappa shape index (κ3) is 3.52. The lowest BCUT2D eigenvalue weighted by atomic mass is 10.1. The molecule has 0 unspecified atom stereocenters. The zero-order valence-electron chi connectivity index (χ0n) is 11.5. The molecule has 0 atom stereocenters. The molecule has 1 aromatic carbocycles. The highest BCUT2D eigenvalue weighted by atomic mass is 16.7. The second-order valence-electron chi connectivity index (χ2n) is 4.20. The minimum atomic E-state index is -0.173. The van der Waals surface area contributed by atoms with Crippen LogP contribution in [-0.2, 0) is 4.84 Å². The fourth-order valence-corrected chi connectivity index (χ4v) is 1.66. The Hall–Kier alpha value is -2.46. The molecule has 4 heteroatoms. The molecule has 0 aliphatic carbocycles. The van der Waals surface area contributed by atoms with Crippen LogP contribution >= 0.6 is 0 Å². The van der Waals surface area contributed by atoms with Crippen LogP contribution in [0.4, 0.5) is 0 Å². The first-order valence-corrected chi connectivity index (χ1v) is 6.22. The van der Waals surface area contributed by atoms with E-state index in [1.165, 1.54) is 12.2 Å². The van der Waals surface area contributed by atoms with Gasteiger partial charge in [-0.1, -0.05) is 24.3 Å². The quantitative estimate of drug-likeness (QED) is 0.801. The SMILES string of the molecule is CON(C)C(=O)c1ccc(/C=C/c2ccccn2)cc1. The molecule has 0 aliphatic heterocycles. The van der Waals surface area contributed by atoms with Crippen LogP contribution in [0.25, 0.3) is 12.2 Å². The molecule has 1 heterocycles. The van der Waals surface area contributed by atoms with Gasteiger partial charge in [0.2, 0.25) is 0 Å². The van der Waals surface area contributed by atoms with Gasteiger partial charge in [0.15, 0.2) is 0 Å². The number of carbonyl (C=O) groups excluding carboxylic acids is 1. The highest BCUT2D eigenvalue weighted by Gasteiger charge is 2.09. The Morgan fingerprint density at radius 2 is 1.90 bits per heavy atom. The normalized spacial score (nSPS) is 10.7. The second-order valence-corrected chi connectivity index (χ2v) is 4.20. The summed E-state index contributed by atoms with van der Waals surface area (Å²) >= 11 is 0. The minimum Gasteiger partial charge on any atom is -0.274 e. The Bertz CT molecular complexity index is 592. The molecule has 102 valence electrons. The third-order valence-corrected chi connectivity index (χ3v) is 2.85. The summed E-state index contributed by atoms with van der Waals surface area (Å²) in [6.07, 6.45) is 5.64. The number of hydroxylamine groups is 2. The van der Waals surface area contributed by atoms with Crippen LogP contribution in [0.5, 0.6) is 0 Å². The van der Waals surface area contributed by atoms with Gasteiger partial charge < -0.3 is 0 Å². The van der Waals surface area contributed by atoms with Gasteiger partial charge in [0.05, 0.1) is 12.8 Å². The molecule has 2 rings (SSSR count). The fourth-order valence-electron chi connectivity index (χ4n) is 1.66. The molecule has 0 spiro atoms. The highest BCUT2D eigenvalue weighted by Crippen LogP contribution is 2.10. The first kappa shape index (κ1) is 14.0. The van der Waals surface area contributed by atoms with E-state index in [1.807, 2.05) is 42.5 Å². The Kier molecular flexibility index (Phi) is 4.63. The lowest BCUT2D eigenvalue weighted by molar-refractivity contribution is -0.0756. The largest absolute Gasteiger partial charge is 0.277 e. The van der Waals surface area contributed by atoms with Gasteiger partial charge in [-0.25, -0.2) is 5.06 Å². The summed E-state index contributed by atoms with van der Waals surface area (Å²) in [6, 6.07) is 13.1. The van der Waals surface area contributed by atoms with Gasteiger partial charge in [0, 0.05) is 18.8 Å². The molecule has 2 aromatic rings. The molecule has 0 N–H and O–H groups in total. The Labute approximate surface area is 118 Å². The molecular weight excluding hydrogens is 252 g/mol. The van der Waals surface area contributed by atoms with E-state index in [1.54, 1.807) is 25.4 Å². The second kappa shape index (κ2) is 6.63. The lowest BCUT2D eigenvalue weighted by Crippen LogP contribution is -2.25. The van der Waals surface area contributed by atoms with Crippen LogP contribution in [0.1, 0.15) is 21.6 Å². The number of carbonyl (C=O) groups is 1. The van der Waals surface area contributed by atoms with Crippen LogP contribution in [-0.4, -0.2) is 30.1 Å². The maximum Gasteiger partial charge on any atom is 0.277 e. The number of nitrogens with zero attached hydrogens (tertiary/aromatic N) is 2. The predicted molar refractivity (Wildman–Crippen MR) is 78.7 cm³/mol. The first-order valence-electron chi connectivity index (χ1n) is 6.22. The smallest absolute Gasteiger partial charge is 0.274 e. The molecule has 1 amide bonds. The zero-order valence-corrected chi connectivity index (χ0v) is 11.5. The Morgan fingerprint density at radius 3 is 2.50 bits per heavy atom. The molecule has 0 saturated heterocycles. The molecule has 0 aliphatic rings. The number of hydrogen-bond donors (Lipinski definition) is 0. The fraction of sp³-hybridized carbons (Fsp3) is 0.125. The average Bonchev–Trinajstić information content (AvgIpc) is 2.53. The minimum absolute atomic E-state index is 0.173. The van der Waals surface area contributed by atoms with Crippen molar-refractivity contribution >= 4 is 18.1 Å². The van der Waals surface area contributed by atoms with E-state index in [0.29, 0.717) is 5.56 Å². The number of rotatable bonds is 4. The molecule has 20 heavy (non-hydrogen) atoms. The summed E-state index contributed by atoms with van der Waals surface area (Å²) in [5, 5.41) is 1.19. The maximum atomic E-state index is 11.8. The standard InChI is InChI=1S/C16H16N2O2/c1-18(20-2)16(19)14-9-6-13(7-10-14)8-11-15-5-3-4-12-17-15/h3-12H,1-2H3/b11-8+. The molecule has 0 radical (unpaired) electrons. The van der Waals surface area contributed by atoms with Crippen molar-refractivity contribution in [1.29, 1.82) is 0 Å². The van der Waals surface area contributed by atoms with Gasteiger partial charge in [-0.05, 0) is 35.9 Å². The summed E-state index contributed by atoms with van der Waals surface area (Å²) in [7, 11) is 3.04. The van der Waals surface area contributed by atoms with E-state index in [4.69, 9.17) is 4.84 Å². The van der Waals surface area contributed by atoms with E-state index in [-0.39, 0.29) is 5.91 Å². The van der Waals surface area contributed by atoms with E-state index in [9.17, 15) is 4.79 Å². The van der Waals surface area contributed by atoms with Crippen LogP contribution < -0.4 is 0 Å². The molecule has 1 aromatic heterocycles. The summed E-state index contributed by atoms with van der Waals surface area (Å²) in [4.78, 5) is 20.9. The van der Waals surface area contributed by atoms with Crippen molar-refractivity contribution < 1.29 is 9.63 Å².